The normalized spacial score (nSPS) is 16.0. The highest BCUT2D eigenvalue weighted by Gasteiger charge is 2.20. The van der Waals surface area contributed by atoms with E-state index in [1.54, 1.807) is 12.0 Å². The summed E-state index contributed by atoms with van der Waals surface area (Å²) in [6, 6.07) is 8.09. The molecule has 2 rings (SSSR count). The third-order valence-corrected chi connectivity index (χ3v) is 4.02. The summed E-state index contributed by atoms with van der Waals surface area (Å²) in [4.78, 5) is 16.3. The van der Waals surface area contributed by atoms with Gasteiger partial charge in [0.15, 0.2) is 0 Å². The number of rotatable bonds is 5. The van der Waals surface area contributed by atoms with E-state index in [2.05, 4.69) is 4.90 Å². The van der Waals surface area contributed by atoms with E-state index in [0.29, 0.717) is 19.1 Å². The van der Waals surface area contributed by atoms with Crippen molar-refractivity contribution in [2.45, 2.75) is 25.4 Å². The number of carbonyl (C=O) groups excluding carboxylic acids is 1. The van der Waals surface area contributed by atoms with E-state index in [1.807, 2.05) is 31.3 Å². The molecular weight excluding hydrogens is 302 g/mol. The summed E-state index contributed by atoms with van der Waals surface area (Å²) in [7, 11) is 3.49. The van der Waals surface area contributed by atoms with Crippen LogP contribution in [0.4, 0.5) is 0 Å². The summed E-state index contributed by atoms with van der Waals surface area (Å²) in [6.45, 7) is 2.86. The second kappa shape index (κ2) is 8.98. The van der Waals surface area contributed by atoms with Gasteiger partial charge in [0.2, 0.25) is 5.91 Å². The van der Waals surface area contributed by atoms with Gasteiger partial charge in [-0.15, -0.1) is 12.4 Å². The number of nitrogens with two attached hydrogens (primary N) is 1. The monoisotopic (exact) mass is 327 g/mol. The van der Waals surface area contributed by atoms with Crippen LogP contribution in [0.3, 0.4) is 0 Å². The minimum absolute atomic E-state index is 0. The molecule has 1 aromatic rings. The number of para-hydroxylation sites is 1. The number of hydrogen-bond donors (Lipinski definition) is 1. The summed E-state index contributed by atoms with van der Waals surface area (Å²) in [5, 5.41) is 0. The number of nitrogens with zero attached hydrogens (tertiary/aromatic N) is 2. The highest BCUT2D eigenvalue weighted by Crippen LogP contribution is 2.19. The van der Waals surface area contributed by atoms with Crippen LogP contribution in [0.5, 0.6) is 5.75 Å². The van der Waals surface area contributed by atoms with Crippen LogP contribution in [0.2, 0.25) is 0 Å². The Morgan fingerprint density at radius 1 is 1.36 bits per heavy atom. The zero-order valence-electron chi connectivity index (χ0n) is 13.3. The van der Waals surface area contributed by atoms with Gasteiger partial charge in [-0.2, -0.15) is 0 Å². The maximum atomic E-state index is 12.3. The van der Waals surface area contributed by atoms with Crippen LogP contribution in [0, 0.1) is 0 Å². The Bertz CT molecular complexity index is 476. The first-order chi connectivity index (χ1) is 10.1. The number of likely N-dealkylation sites (N-methyl/N-ethyl adjacent to an activating group) is 1. The third kappa shape index (κ3) is 5.16. The minimum atomic E-state index is 0. The van der Waals surface area contributed by atoms with E-state index in [-0.39, 0.29) is 18.3 Å². The number of methoxy groups -OCH3 is 1. The highest BCUT2D eigenvalue weighted by molar-refractivity contribution is 5.85. The quantitative estimate of drug-likeness (QED) is 0.890. The number of benzene rings is 1. The van der Waals surface area contributed by atoms with Gasteiger partial charge in [0.1, 0.15) is 5.75 Å². The van der Waals surface area contributed by atoms with Crippen molar-refractivity contribution < 1.29 is 9.53 Å². The number of amides is 1. The molecule has 1 aliphatic heterocycles. The van der Waals surface area contributed by atoms with Gasteiger partial charge in [-0.3, -0.25) is 9.69 Å². The zero-order chi connectivity index (χ0) is 15.2. The van der Waals surface area contributed by atoms with Crippen LogP contribution in [-0.4, -0.2) is 55.5 Å². The molecule has 124 valence electrons. The molecule has 1 saturated heterocycles. The van der Waals surface area contributed by atoms with Crippen molar-refractivity contribution in [1.82, 2.24) is 9.80 Å². The second-order valence-electron chi connectivity index (χ2n) is 5.68. The molecule has 1 heterocycles. The number of likely N-dealkylation sites (tertiary alicyclic amines) is 1. The van der Waals surface area contributed by atoms with E-state index in [1.165, 1.54) is 0 Å². The number of piperidine rings is 1. The predicted octanol–water partition coefficient (Wildman–Crippen LogP) is 1.50. The largest absolute Gasteiger partial charge is 0.496 e. The first-order valence-electron chi connectivity index (χ1n) is 7.44. The predicted molar refractivity (Wildman–Crippen MR) is 90.4 cm³/mol. The van der Waals surface area contributed by atoms with Crippen LogP contribution in [-0.2, 0) is 11.3 Å². The molecule has 6 heteroatoms. The molecule has 0 radical (unpaired) electrons. The summed E-state index contributed by atoms with van der Waals surface area (Å²) in [5.74, 6) is 0.956. The van der Waals surface area contributed by atoms with Gasteiger partial charge in [0.05, 0.1) is 13.7 Å². The molecule has 0 unspecified atom stereocenters. The molecule has 22 heavy (non-hydrogen) atoms. The summed E-state index contributed by atoms with van der Waals surface area (Å²) in [5.41, 5.74) is 6.91. The Kier molecular flexibility index (Phi) is 7.65. The minimum Gasteiger partial charge on any atom is -0.496 e. The highest BCUT2D eigenvalue weighted by atomic mass is 35.5. The fourth-order valence-corrected chi connectivity index (χ4v) is 2.60. The van der Waals surface area contributed by atoms with Crippen LogP contribution >= 0.6 is 12.4 Å². The van der Waals surface area contributed by atoms with Crippen LogP contribution in [0.25, 0.3) is 0 Å². The zero-order valence-corrected chi connectivity index (χ0v) is 14.1. The standard InChI is InChI=1S/C16H25N3O2.ClH/c1-18(11-13-5-3-4-6-15(13)21-2)16(20)12-19-9-7-14(17)8-10-19;/h3-6,14H,7-12,17H2,1-2H3;1H. The van der Waals surface area contributed by atoms with Crippen LogP contribution in [0.15, 0.2) is 24.3 Å². The molecule has 0 atom stereocenters. The average molecular weight is 328 g/mol. The maximum Gasteiger partial charge on any atom is 0.236 e. The van der Waals surface area contributed by atoms with E-state index in [0.717, 1.165) is 37.2 Å². The molecule has 1 amide bonds. The fraction of sp³-hybridized carbons (Fsp3) is 0.562. The lowest BCUT2D eigenvalue weighted by Crippen LogP contribution is -2.44. The van der Waals surface area contributed by atoms with Crippen molar-refractivity contribution in [2.75, 3.05) is 33.8 Å². The Morgan fingerprint density at radius 3 is 2.64 bits per heavy atom. The first kappa shape index (κ1) is 18.7. The van der Waals surface area contributed by atoms with Crippen molar-refractivity contribution >= 4 is 18.3 Å². The van der Waals surface area contributed by atoms with Gasteiger partial charge in [-0.05, 0) is 18.9 Å². The maximum absolute atomic E-state index is 12.3. The lowest BCUT2D eigenvalue weighted by Gasteiger charge is -2.31. The first-order valence-corrected chi connectivity index (χ1v) is 7.44. The van der Waals surface area contributed by atoms with Gasteiger partial charge in [-0.25, -0.2) is 0 Å². The fourth-order valence-electron chi connectivity index (χ4n) is 2.60. The Hall–Kier alpha value is -1.30. The third-order valence-electron chi connectivity index (χ3n) is 4.02. The molecule has 0 spiro atoms. The topological polar surface area (TPSA) is 58.8 Å². The molecule has 1 fully saturated rings. The molecule has 2 N–H and O–H groups in total. The molecule has 0 aromatic heterocycles. The van der Waals surface area contributed by atoms with E-state index >= 15 is 0 Å². The molecule has 0 bridgehead atoms. The van der Waals surface area contributed by atoms with Crippen molar-refractivity contribution in [1.29, 1.82) is 0 Å². The molecule has 1 aliphatic rings. The van der Waals surface area contributed by atoms with Crippen molar-refractivity contribution in [3.8, 4) is 5.75 Å². The molecule has 5 nitrogen and oxygen atoms in total. The van der Waals surface area contributed by atoms with Gasteiger partial charge in [0.25, 0.3) is 0 Å². The Labute approximate surface area is 138 Å². The molecule has 0 aliphatic carbocycles. The van der Waals surface area contributed by atoms with E-state index in [4.69, 9.17) is 10.5 Å². The van der Waals surface area contributed by atoms with Crippen molar-refractivity contribution in [3.05, 3.63) is 29.8 Å². The molecule has 1 aromatic carbocycles. The number of carbonyl (C=O) groups is 1. The van der Waals surface area contributed by atoms with Crippen LogP contribution in [0.1, 0.15) is 18.4 Å². The Morgan fingerprint density at radius 2 is 2.00 bits per heavy atom. The molecular formula is C16H26ClN3O2. The average Bonchev–Trinajstić information content (AvgIpc) is 2.50. The lowest BCUT2D eigenvalue weighted by atomic mass is 10.1. The summed E-state index contributed by atoms with van der Waals surface area (Å²) in [6.07, 6.45) is 1.95. The number of ether oxygens (including phenoxy) is 1. The van der Waals surface area contributed by atoms with E-state index < -0.39 is 0 Å². The Balaban J connectivity index is 0.00000242. The summed E-state index contributed by atoms with van der Waals surface area (Å²) >= 11 is 0. The van der Waals surface area contributed by atoms with Crippen LogP contribution < -0.4 is 10.5 Å². The van der Waals surface area contributed by atoms with Crippen molar-refractivity contribution in [3.63, 3.8) is 0 Å². The van der Waals surface area contributed by atoms with Gasteiger partial charge < -0.3 is 15.4 Å². The van der Waals surface area contributed by atoms with E-state index in [9.17, 15) is 4.79 Å². The smallest absolute Gasteiger partial charge is 0.236 e. The molecule has 0 saturated carbocycles. The number of hydrogen-bond acceptors (Lipinski definition) is 4. The SMILES string of the molecule is COc1ccccc1CN(C)C(=O)CN1CCC(N)CC1.Cl. The lowest BCUT2D eigenvalue weighted by molar-refractivity contribution is -0.131. The van der Waals surface area contributed by atoms with Crippen molar-refractivity contribution in [2.24, 2.45) is 5.73 Å². The second-order valence-corrected chi connectivity index (χ2v) is 5.68. The van der Waals surface area contributed by atoms with Gasteiger partial charge in [-0.1, -0.05) is 18.2 Å². The summed E-state index contributed by atoms with van der Waals surface area (Å²) < 4.78 is 5.33. The number of halogens is 1. The van der Waals surface area contributed by atoms with Gasteiger partial charge >= 0.3 is 0 Å². The van der Waals surface area contributed by atoms with Gasteiger partial charge in [0, 0.05) is 38.3 Å².